The number of aryl methyl sites for hydroxylation is 1. The lowest BCUT2D eigenvalue weighted by atomic mass is 10.2. The van der Waals surface area contributed by atoms with Gasteiger partial charge in [-0.05, 0) is 43.7 Å². The number of ether oxygens (including phenoxy) is 1. The first-order chi connectivity index (χ1) is 10.1. The van der Waals surface area contributed by atoms with E-state index in [1.54, 1.807) is 0 Å². The molecule has 0 aromatic heterocycles. The summed E-state index contributed by atoms with van der Waals surface area (Å²) < 4.78 is 6.03. The smallest absolute Gasteiger partial charge is 0.150 e. The molecule has 4 heteroatoms. The minimum atomic E-state index is 0.602. The number of hydrogen-bond donors (Lipinski definition) is 1. The lowest BCUT2D eigenvalue weighted by molar-refractivity contribution is 0.469. The molecule has 112 valence electrons. The number of nitrogens with one attached hydrogen (secondary N) is 1. The summed E-state index contributed by atoms with van der Waals surface area (Å²) in [7, 11) is 0. The van der Waals surface area contributed by atoms with Gasteiger partial charge in [-0.3, -0.25) is 0 Å². The maximum Gasteiger partial charge on any atom is 0.150 e. The van der Waals surface area contributed by atoms with Crippen molar-refractivity contribution in [2.45, 2.75) is 26.8 Å². The van der Waals surface area contributed by atoms with Gasteiger partial charge < -0.3 is 10.1 Å². The summed E-state index contributed by atoms with van der Waals surface area (Å²) in [4.78, 5) is 0. The molecule has 0 saturated heterocycles. The molecule has 0 atom stereocenters. The van der Waals surface area contributed by atoms with Crippen LogP contribution in [-0.2, 0) is 6.54 Å². The lowest BCUT2D eigenvalue weighted by Gasteiger charge is -2.15. The fourth-order valence-electron chi connectivity index (χ4n) is 2.00. The Bertz CT molecular complexity index is 614. The summed E-state index contributed by atoms with van der Waals surface area (Å²) in [6, 6.07) is 11.4. The van der Waals surface area contributed by atoms with E-state index in [4.69, 9.17) is 27.9 Å². The highest BCUT2D eigenvalue weighted by Crippen LogP contribution is 2.35. The third-order valence-corrected chi connectivity index (χ3v) is 3.69. The van der Waals surface area contributed by atoms with Crippen LogP contribution in [0.1, 0.15) is 24.5 Å². The molecular formula is C17H19Cl2NO. The zero-order chi connectivity index (χ0) is 15.2. The van der Waals surface area contributed by atoms with Crippen LogP contribution in [0.25, 0.3) is 0 Å². The molecule has 0 bridgehead atoms. The second-order valence-corrected chi connectivity index (χ2v) is 5.76. The third kappa shape index (κ3) is 4.37. The van der Waals surface area contributed by atoms with Gasteiger partial charge in [-0.2, -0.15) is 0 Å². The SMILES string of the molecule is CCCNCc1cccc(Cl)c1Oc1cc(Cl)ccc1C. The summed E-state index contributed by atoms with van der Waals surface area (Å²) in [5.41, 5.74) is 2.06. The van der Waals surface area contributed by atoms with Crippen molar-refractivity contribution in [2.24, 2.45) is 0 Å². The fourth-order valence-corrected chi connectivity index (χ4v) is 2.40. The van der Waals surface area contributed by atoms with Crippen LogP contribution >= 0.6 is 23.2 Å². The summed E-state index contributed by atoms with van der Waals surface area (Å²) in [5.74, 6) is 1.42. The molecule has 2 aromatic carbocycles. The van der Waals surface area contributed by atoms with Gasteiger partial charge in [0.25, 0.3) is 0 Å². The molecule has 0 amide bonds. The molecule has 0 radical (unpaired) electrons. The van der Waals surface area contributed by atoms with Gasteiger partial charge in [-0.15, -0.1) is 0 Å². The Balaban J connectivity index is 2.27. The summed E-state index contributed by atoms with van der Waals surface area (Å²) in [5, 5.41) is 4.61. The number of halogens is 2. The van der Waals surface area contributed by atoms with Crippen molar-refractivity contribution >= 4 is 23.2 Å². The molecular weight excluding hydrogens is 305 g/mol. The van der Waals surface area contributed by atoms with Gasteiger partial charge >= 0.3 is 0 Å². The molecule has 0 spiro atoms. The normalized spacial score (nSPS) is 10.7. The van der Waals surface area contributed by atoms with Crippen LogP contribution in [0, 0.1) is 6.92 Å². The van der Waals surface area contributed by atoms with Gasteiger partial charge in [0.05, 0.1) is 5.02 Å². The van der Waals surface area contributed by atoms with E-state index in [-0.39, 0.29) is 0 Å². The Morgan fingerprint density at radius 2 is 1.95 bits per heavy atom. The van der Waals surface area contributed by atoms with E-state index in [1.165, 1.54) is 0 Å². The average molecular weight is 324 g/mol. The number of benzene rings is 2. The van der Waals surface area contributed by atoms with Crippen LogP contribution in [0.3, 0.4) is 0 Å². The predicted octanol–water partition coefficient (Wildman–Crippen LogP) is 5.59. The van der Waals surface area contributed by atoms with Crippen LogP contribution in [0.5, 0.6) is 11.5 Å². The summed E-state index contributed by atoms with van der Waals surface area (Å²) in [6.45, 7) is 5.81. The minimum Gasteiger partial charge on any atom is -0.455 e. The van der Waals surface area contributed by atoms with Gasteiger partial charge in [-0.1, -0.05) is 48.3 Å². The topological polar surface area (TPSA) is 21.3 Å². The molecule has 0 unspecified atom stereocenters. The molecule has 0 saturated carbocycles. The van der Waals surface area contributed by atoms with E-state index in [9.17, 15) is 0 Å². The standard InChI is InChI=1S/C17H19Cl2NO/c1-3-9-20-11-13-5-4-6-15(19)17(13)21-16-10-14(18)8-7-12(16)2/h4-8,10,20H,3,9,11H2,1-2H3. The Morgan fingerprint density at radius 3 is 2.71 bits per heavy atom. The van der Waals surface area contributed by atoms with Crippen molar-refractivity contribution in [3.8, 4) is 11.5 Å². The van der Waals surface area contributed by atoms with E-state index in [0.29, 0.717) is 15.8 Å². The van der Waals surface area contributed by atoms with Crippen molar-refractivity contribution < 1.29 is 4.74 Å². The van der Waals surface area contributed by atoms with E-state index in [2.05, 4.69) is 12.2 Å². The Labute approximate surface area is 136 Å². The quantitative estimate of drug-likeness (QED) is 0.699. The summed E-state index contributed by atoms with van der Waals surface area (Å²) >= 11 is 12.3. The number of rotatable bonds is 6. The van der Waals surface area contributed by atoms with Gasteiger partial charge in [0.15, 0.2) is 5.75 Å². The van der Waals surface area contributed by atoms with E-state index in [0.717, 1.165) is 36.4 Å². The molecule has 0 heterocycles. The minimum absolute atomic E-state index is 0.602. The monoisotopic (exact) mass is 323 g/mol. The Hall–Kier alpha value is -1.22. The second-order valence-electron chi connectivity index (χ2n) is 4.92. The lowest BCUT2D eigenvalue weighted by Crippen LogP contribution is -2.14. The van der Waals surface area contributed by atoms with Crippen molar-refractivity contribution in [3.05, 3.63) is 57.6 Å². The van der Waals surface area contributed by atoms with Crippen LogP contribution in [0.4, 0.5) is 0 Å². The first kappa shape index (κ1) is 16.2. The highest BCUT2D eigenvalue weighted by Gasteiger charge is 2.11. The highest BCUT2D eigenvalue weighted by molar-refractivity contribution is 6.32. The van der Waals surface area contributed by atoms with E-state index >= 15 is 0 Å². The first-order valence-electron chi connectivity index (χ1n) is 7.04. The van der Waals surface area contributed by atoms with Gasteiger partial charge in [0.2, 0.25) is 0 Å². The molecule has 0 aliphatic heterocycles. The predicted molar refractivity (Wildman–Crippen MR) is 89.7 cm³/mol. The number of para-hydroxylation sites is 1. The molecule has 2 aromatic rings. The van der Waals surface area contributed by atoms with Crippen molar-refractivity contribution in [2.75, 3.05) is 6.54 Å². The zero-order valence-corrected chi connectivity index (χ0v) is 13.8. The van der Waals surface area contributed by atoms with Gasteiger partial charge in [0.1, 0.15) is 5.75 Å². The summed E-state index contributed by atoms with van der Waals surface area (Å²) in [6.07, 6.45) is 1.09. The van der Waals surface area contributed by atoms with Crippen molar-refractivity contribution in [3.63, 3.8) is 0 Å². The Kier molecular flexibility index (Phi) is 5.92. The molecule has 21 heavy (non-hydrogen) atoms. The van der Waals surface area contributed by atoms with E-state index in [1.807, 2.05) is 43.3 Å². The van der Waals surface area contributed by atoms with Crippen molar-refractivity contribution in [1.29, 1.82) is 0 Å². The van der Waals surface area contributed by atoms with Crippen LogP contribution in [-0.4, -0.2) is 6.54 Å². The fraction of sp³-hybridized carbons (Fsp3) is 0.294. The van der Waals surface area contributed by atoms with Crippen molar-refractivity contribution in [1.82, 2.24) is 5.32 Å². The average Bonchev–Trinajstić information content (AvgIpc) is 2.46. The van der Waals surface area contributed by atoms with Gasteiger partial charge in [0, 0.05) is 17.1 Å². The third-order valence-electron chi connectivity index (χ3n) is 3.15. The van der Waals surface area contributed by atoms with Crippen LogP contribution < -0.4 is 10.1 Å². The Morgan fingerprint density at radius 1 is 1.14 bits per heavy atom. The number of hydrogen-bond acceptors (Lipinski definition) is 2. The van der Waals surface area contributed by atoms with E-state index < -0.39 is 0 Å². The molecule has 0 aliphatic carbocycles. The molecule has 0 fully saturated rings. The highest BCUT2D eigenvalue weighted by atomic mass is 35.5. The second kappa shape index (κ2) is 7.69. The largest absolute Gasteiger partial charge is 0.455 e. The van der Waals surface area contributed by atoms with Crippen LogP contribution in [0.15, 0.2) is 36.4 Å². The maximum absolute atomic E-state index is 6.30. The maximum atomic E-state index is 6.30. The molecule has 2 nitrogen and oxygen atoms in total. The molecule has 0 aliphatic rings. The zero-order valence-electron chi connectivity index (χ0n) is 12.2. The molecule has 1 N–H and O–H groups in total. The van der Waals surface area contributed by atoms with Crippen LogP contribution in [0.2, 0.25) is 10.0 Å². The molecule has 2 rings (SSSR count). The first-order valence-corrected chi connectivity index (χ1v) is 7.79. The van der Waals surface area contributed by atoms with Gasteiger partial charge in [-0.25, -0.2) is 0 Å².